The van der Waals surface area contributed by atoms with Crippen molar-refractivity contribution in [1.82, 2.24) is 4.98 Å². The Morgan fingerprint density at radius 2 is 2.28 bits per heavy atom. The van der Waals surface area contributed by atoms with E-state index in [0.717, 1.165) is 16.5 Å². The van der Waals surface area contributed by atoms with Gasteiger partial charge in [0.2, 0.25) is 5.88 Å². The Morgan fingerprint density at radius 3 is 2.94 bits per heavy atom. The van der Waals surface area contributed by atoms with E-state index in [4.69, 9.17) is 4.74 Å². The number of nitrogens with one attached hydrogen (secondary N) is 1. The lowest BCUT2D eigenvalue weighted by molar-refractivity contribution is 0.103. The fourth-order valence-electron chi connectivity index (χ4n) is 1.82. The summed E-state index contributed by atoms with van der Waals surface area (Å²) < 4.78 is 9.66. The third kappa shape index (κ3) is 2.00. The zero-order valence-electron chi connectivity index (χ0n) is 10.1. The highest BCUT2D eigenvalue weighted by Crippen LogP contribution is 2.29. The predicted octanol–water partition coefficient (Wildman–Crippen LogP) is 2.88. The molecule has 18 heavy (non-hydrogen) atoms. The summed E-state index contributed by atoms with van der Waals surface area (Å²) in [5, 5.41) is 9.93. The molecule has 0 amide bonds. The van der Waals surface area contributed by atoms with E-state index in [2.05, 4.69) is 9.72 Å². The molecule has 0 saturated heterocycles. The maximum absolute atomic E-state index is 11.3. The number of rotatable bonds is 2. The molecule has 5 heteroatoms. The summed E-state index contributed by atoms with van der Waals surface area (Å²) in [6.07, 6.45) is -0.821. The average Bonchev–Trinajstić information content (AvgIpc) is 2.68. The summed E-state index contributed by atoms with van der Waals surface area (Å²) in [6, 6.07) is 7.62. The van der Waals surface area contributed by atoms with Gasteiger partial charge in [-0.05, 0) is 25.5 Å². The molecule has 2 aromatic rings. The first kappa shape index (κ1) is 12.0. The van der Waals surface area contributed by atoms with Crippen LogP contribution in [0.3, 0.4) is 0 Å². The topological polar surface area (TPSA) is 75.1 Å². The highest BCUT2D eigenvalue weighted by molar-refractivity contribution is 5.92. The van der Waals surface area contributed by atoms with Gasteiger partial charge in [0.15, 0.2) is 0 Å². The Hall–Kier alpha value is -2.48. The second-order valence-corrected chi connectivity index (χ2v) is 3.72. The van der Waals surface area contributed by atoms with Gasteiger partial charge in [0.1, 0.15) is 11.6 Å². The number of carbonyl (C=O) groups excluding carboxylic acids is 1. The highest BCUT2D eigenvalue weighted by Gasteiger charge is 2.17. The second kappa shape index (κ2) is 4.80. The molecule has 0 saturated carbocycles. The van der Waals surface area contributed by atoms with Gasteiger partial charge in [0.05, 0.1) is 6.61 Å². The Balaban J connectivity index is 2.49. The van der Waals surface area contributed by atoms with Crippen LogP contribution < -0.4 is 4.74 Å². The number of hydrogen-bond donors (Lipinski definition) is 1. The summed E-state index contributed by atoms with van der Waals surface area (Å²) in [5.41, 5.74) is 2.01. The largest absolute Gasteiger partial charge is 0.515 e. The fraction of sp³-hybridized carbons (Fsp3) is 0.231. The van der Waals surface area contributed by atoms with Gasteiger partial charge in [-0.3, -0.25) is 0 Å². The minimum Gasteiger partial charge on any atom is -0.434 e. The monoisotopic (exact) mass is 244 g/mol. The van der Waals surface area contributed by atoms with Crippen molar-refractivity contribution in [2.45, 2.75) is 13.8 Å². The number of aryl methyl sites for hydroxylation is 1. The van der Waals surface area contributed by atoms with Gasteiger partial charge in [-0.25, -0.2) is 4.79 Å². The number of ether oxygens (including phenoxy) is 2. The average molecular weight is 244 g/mol. The number of H-pyrrole nitrogens is 1. The molecule has 0 aliphatic rings. The number of hydrogen-bond acceptors (Lipinski definition) is 4. The third-order valence-electron chi connectivity index (χ3n) is 2.56. The smallest absolute Gasteiger partial charge is 0.434 e. The fourth-order valence-corrected chi connectivity index (χ4v) is 1.82. The Labute approximate surface area is 104 Å². The van der Waals surface area contributed by atoms with Gasteiger partial charge in [-0.1, -0.05) is 12.1 Å². The Kier molecular flexibility index (Phi) is 3.20. The second-order valence-electron chi connectivity index (χ2n) is 3.72. The van der Waals surface area contributed by atoms with Crippen LogP contribution in [0.2, 0.25) is 0 Å². The van der Waals surface area contributed by atoms with E-state index < -0.39 is 6.16 Å². The molecule has 0 bridgehead atoms. The number of aromatic nitrogens is 1. The normalized spacial score (nSPS) is 10.1. The van der Waals surface area contributed by atoms with Crippen LogP contribution >= 0.6 is 0 Å². The zero-order chi connectivity index (χ0) is 13.1. The molecular weight excluding hydrogens is 232 g/mol. The van der Waals surface area contributed by atoms with Crippen molar-refractivity contribution < 1.29 is 14.3 Å². The lowest BCUT2D eigenvalue weighted by atomic mass is 10.1. The quantitative estimate of drug-likeness (QED) is 0.824. The summed E-state index contributed by atoms with van der Waals surface area (Å²) in [6.45, 7) is 3.80. The van der Waals surface area contributed by atoms with Gasteiger partial charge in [-0.15, -0.1) is 0 Å². The minimum atomic E-state index is -0.821. The van der Waals surface area contributed by atoms with Crippen molar-refractivity contribution in [3.05, 3.63) is 29.3 Å². The molecular formula is C13H12N2O3. The number of nitrogens with zero attached hydrogens (tertiary/aromatic N) is 1. The molecule has 0 aliphatic carbocycles. The summed E-state index contributed by atoms with van der Waals surface area (Å²) in [7, 11) is 0. The summed E-state index contributed by atoms with van der Waals surface area (Å²) >= 11 is 0. The molecule has 0 aliphatic heterocycles. The van der Waals surface area contributed by atoms with Gasteiger partial charge >= 0.3 is 6.16 Å². The van der Waals surface area contributed by atoms with Crippen molar-refractivity contribution in [3.63, 3.8) is 0 Å². The number of aromatic amines is 1. The molecule has 1 aromatic carbocycles. The van der Waals surface area contributed by atoms with Crippen LogP contribution in [0.4, 0.5) is 4.79 Å². The minimum absolute atomic E-state index is 0.125. The number of fused-ring (bicyclic) bond motifs is 1. The van der Waals surface area contributed by atoms with E-state index >= 15 is 0 Å². The van der Waals surface area contributed by atoms with Gasteiger partial charge < -0.3 is 14.5 Å². The SMILES string of the molecule is CCOC(=O)Oc1[nH]c2cccc(C)c2c1C#N. The van der Waals surface area contributed by atoms with Gasteiger partial charge in [0, 0.05) is 10.9 Å². The van der Waals surface area contributed by atoms with Crippen molar-refractivity contribution in [2.24, 2.45) is 0 Å². The first-order chi connectivity index (χ1) is 8.67. The molecule has 1 N–H and O–H groups in total. The highest BCUT2D eigenvalue weighted by atomic mass is 16.7. The van der Waals surface area contributed by atoms with E-state index in [0.29, 0.717) is 5.56 Å². The van der Waals surface area contributed by atoms with Crippen LogP contribution in [0.5, 0.6) is 5.88 Å². The zero-order valence-corrected chi connectivity index (χ0v) is 10.1. The van der Waals surface area contributed by atoms with Crippen molar-refractivity contribution in [2.75, 3.05) is 6.61 Å². The van der Waals surface area contributed by atoms with Gasteiger partial charge in [0.25, 0.3) is 0 Å². The standard InChI is InChI=1S/C13H12N2O3/c1-3-17-13(16)18-12-9(7-14)11-8(2)5-4-6-10(11)15-12/h4-6,15H,3H2,1-2H3. The number of benzene rings is 1. The third-order valence-corrected chi connectivity index (χ3v) is 2.56. The van der Waals surface area contributed by atoms with Crippen molar-refractivity contribution in [1.29, 1.82) is 5.26 Å². The van der Waals surface area contributed by atoms with E-state index in [1.165, 1.54) is 0 Å². The Bertz CT molecular complexity index is 637. The van der Waals surface area contributed by atoms with Crippen LogP contribution in [-0.4, -0.2) is 17.7 Å². The maximum atomic E-state index is 11.3. The molecule has 0 radical (unpaired) electrons. The molecule has 0 unspecified atom stereocenters. The first-order valence-electron chi connectivity index (χ1n) is 5.53. The van der Waals surface area contributed by atoms with Crippen LogP contribution in [0.15, 0.2) is 18.2 Å². The predicted molar refractivity (Wildman–Crippen MR) is 65.4 cm³/mol. The van der Waals surface area contributed by atoms with Crippen molar-refractivity contribution >= 4 is 17.1 Å². The van der Waals surface area contributed by atoms with Gasteiger partial charge in [-0.2, -0.15) is 5.26 Å². The van der Waals surface area contributed by atoms with Crippen LogP contribution in [0.25, 0.3) is 10.9 Å². The number of carbonyl (C=O) groups is 1. The Morgan fingerprint density at radius 1 is 1.50 bits per heavy atom. The molecule has 5 nitrogen and oxygen atoms in total. The lowest BCUT2D eigenvalue weighted by Crippen LogP contribution is -2.10. The van der Waals surface area contributed by atoms with Crippen LogP contribution in [0, 0.1) is 18.3 Å². The molecule has 2 rings (SSSR count). The first-order valence-corrected chi connectivity index (χ1v) is 5.53. The molecule has 1 aromatic heterocycles. The molecule has 0 fully saturated rings. The summed E-state index contributed by atoms with van der Waals surface area (Å²) in [4.78, 5) is 14.2. The summed E-state index contributed by atoms with van der Waals surface area (Å²) in [5.74, 6) is 0.125. The van der Waals surface area contributed by atoms with E-state index in [9.17, 15) is 10.1 Å². The number of nitriles is 1. The molecule has 0 atom stereocenters. The lowest BCUT2D eigenvalue weighted by Gasteiger charge is -2.01. The van der Waals surface area contributed by atoms with Crippen LogP contribution in [0.1, 0.15) is 18.1 Å². The van der Waals surface area contributed by atoms with E-state index in [1.807, 2.05) is 31.2 Å². The molecule has 92 valence electrons. The maximum Gasteiger partial charge on any atom is 0.515 e. The van der Waals surface area contributed by atoms with Crippen LogP contribution in [-0.2, 0) is 4.74 Å². The molecule has 0 spiro atoms. The van der Waals surface area contributed by atoms with E-state index in [1.54, 1.807) is 6.92 Å². The molecule has 1 heterocycles. The van der Waals surface area contributed by atoms with E-state index in [-0.39, 0.29) is 12.5 Å². The van der Waals surface area contributed by atoms with Crippen molar-refractivity contribution in [3.8, 4) is 11.9 Å².